The smallest absolute Gasteiger partial charge is 0.371 e. The molecule has 0 saturated carbocycles. The number of halogens is 3. The van der Waals surface area contributed by atoms with Gasteiger partial charge in [-0.05, 0) is 36.4 Å². The summed E-state index contributed by atoms with van der Waals surface area (Å²) in [4.78, 5) is 29.2. The number of nitrogens with zero attached hydrogens (tertiary/aromatic N) is 6. The first-order valence-electron chi connectivity index (χ1n) is 11.4. The van der Waals surface area contributed by atoms with Crippen LogP contribution in [0.15, 0.2) is 79.9 Å². The summed E-state index contributed by atoms with van der Waals surface area (Å²) in [6, 6.07) is 9.86. The van der Waals surface area contributed by atoms with Gasteiger partial charge in [-0.25, -0.2) is 19.7 Å². The van der Waals surface area contributed by atoms with Gasteiger partial charge in [-0.1, -0.05) is 6.07 Å². The second-order valence-corrected chi connectivity index (χ2v) is 8.17. The molecule has 192 valence electrons. The fourth-order valence-electron chi connectivity index (χ4n) is 3.91. The molecular weight excluding hydrogens is 499 g/mol. The van der Waals surface area contributed by atoms with Crippen LogP contribution in [0.25, 0.3) is 16.9 Å². The van der Waals surface area contributed by atoms with Crippen LogP contribution in [-0.2, 0) is 12.7 Å². The number of benzene rings is 2. The zero-order valence-corrected chi connectivity index (χ0v) is 19.9. The first-order chi connectivity index (χ1) is 18.3. The first-order valence-corrected chi connectivity index (χ1v) is 11.4. The first kappa shape index (κ1) is 24.6. The van der Waals surface area contributed by atoms with Gasteiger partial charge in [0.05, 0.1) is 18.0 Å². The summed E-state index contributed by atoms with van der Waals surface area (Å²) in [5, 5.41) is 8.06. The summed E-state index contributed by atoms with van der Waals surface area (Å²) in [6.07, 6.45) is 4.59. The summed E-state index contributed by atoms with van der Waals surface area (Å²) in [6.45, 7) is 0.00465. The Bertz CT molecular complexity index is 1590. The van der Waals surface area contributed by atoms with Crippen molar-refractivity contribution in [3.05, 3.63) is 91.0 Å². The van der Waals surface area contributed by atoms with Crippen molar-refractivity contribution in [3.63, 3.8) is 0 Å². The van der Waals surface area contributed by atoms with E-state index in [1.54, 1.807) is 59.2 Å². The topological polar surface area (TPSA) is 114 Å². The molecular formula is C25H21F3N9O+. The number of anilines is 3. The van der Waals surface area contributed by atoms with Crippen molar-refractivity contribution in [2.45, 2.75) is 12.7 Å². The lowest BCUT2D eigenvalue weighted by Crippen LogP contribution is -2.34. The number of hydrogen-bond acceptors (Lipinski definition) is 6. The molecule has 0 aliphatic heterocycles. The Morgan fingerprint density at radius 2 is 1.68 bits per heavy atom. The van der Waals surface area contributed by atoms with Gasteiger partial charge in [0, 0.05) is 29.7 Å². The maximum absolute atomic E-state index is 13.7. The Balaban J connectivity index is 1.29. The van der Waals surface area contributed by atoms with Crippen LogP contribution in [0.5, 0.6) is 0 Å². The zero-order chi connectivity index (χ0) is 26.7. The minimum absolute atomic E-state index is 0.00465. The monoisotopic (exact) mass is 520 g/mol. The summed E-state index contributed by atoms with van der Waals surface area (Å²) in [7, 11) is 1.74. The minimum Gasteiger partial charge on any atom is -0.371 e. The maximum atomic E-state index is 13.7. The fourth-order valence-corrected chi connectivity index (χ4v) is 3.91. The molecule has 0 aliphatic rings. The van der Waals surface area contributed by atoms with Gasteiger partial charge < -0.3 is 16.0 Å². The van der Waals surface area contributed by atoms with Gasteiger partial charge in [0.25, 0.3) is 0 Å². The average Bonchev–Trinajstić information content (AvgIpc) is 3.34. The van der Waals surface area contributed by atoms with E-state index in [0.717, 1.165) is 11.8 Å². The van der Waals surface area contributed by atoms with Crippen molar-refractivity contribution in [2.24, 2.45) is 0 Å². The summed E-state index contributed by atoms with van der Waals surface area (Å²) in [5.74, 6) is 0.599. The minimum atomic E-state index is -4.59. The van der Waals surface area contributed by atoms with Crippen LogP contribution >= 0.6 is 0 Å². The van der Waals surface area contributed by atoms with Crippen LogP contribution in [0.4, 0.5) is 35.2 Å². The Kier molecular flexibility index (Phi) is 6.56. The molecule has 0 unspecified atom stereocenters. The largest absolute Gasteiger partial charge is 0.416 e. The normalized spacial score (nSPS) is 11.4. The van der Waals surface area contributed by atoms with E-state index < -0.39 is 17.8 Å². The van der Waals surface area contributed by atoms with Gasteiger partial charge in [-0.15, -0.1) is 0 Å². The molecule has 0 fully saturated rings. The molecule has 5 rings (SSSR count). The average molecular weight is 520 g/mol. The number of fused-ring (bicyclic) bond motifs is 1. The number of nitrogens with one attached hydrogen (secondary N) is 3. The van der Waals surface area contributed by atoms with Crippen LogP contribution < -0.4 is 20.5 Å². The van der Waals surface area contributed by atoms with Crippen molar-refractivity contribution in [3.8, 4) is 5.69 Å². The Hall–Kier alpha value is -5.07. The highest BCUT2D eigenvalue weighted by Crippen LogP contribution is 2.34. The Labute approximate surface area is 214 Å². The number of rotatable bonds is 6. The van der Waals surface area contributed by atoms with Crippen LogP contribution in [0.2, 0.25) is 0 Å². The third-order valence-corrected chi connectivity index (χ3v) is 5.69. The van der Waals surface area contributed by atoms with Crippen LogP contribution in [0.1, 0.15) is 11.1 Å². The van der Waals surface area contributed by atoms with Crippen LogP contribution in [0.3, 0.4) is 0 Å². The third kappa shape index (κ3) is 5.21. The van der Waals surface area contributed by atoms with Crippen molar-refractivity contribution in [1.82, 2.24) is 24.5 Å². The molecule has 3 aromatic heterocycles. The van der Waals surface area contributed by atoms with E-state index in [9.17, 15) is 18.0 Å². The number of imidazole rings is 1. The predicted octanol–water partition coefficient (Wildman–Crippen LogP) is 4.25. The lowest BCUT2D eigenvalue weighted by molar-refractivity contribution is -0.689. The number of hydrogen-bond donors (Lipinski definition) is 3. The number of aromatic nitrogens is 6. The summed E-state index contributed by atoms with van der Waals surface area (Å²) >= 11 is 0. The van der Waals surface area contributed by atoms with Gasteiger partial charge in [-0.2, -0.15) is 17.7 Å². The Morgan fingerprint density at radius 1 is 0.974 bits per heavy atom. The van der Waals surface area contributed by atoms with Gasteiger partial charge >= 0.3 is 12.2 Å². The molecule has 0 spiro atoms. The maximum Gasteiger partial charge on any atom is 0.416 e. The van der Waals surface area contributed by atoms with E-state index in [-0.39, 0.29) is 17.8 Å². The van der Waals surface area contributed by atoms with E-state index >= 15 is 0 Å². The van der Waals surface area contributed by atoms with E-state index in [1.807, 2.05) is 0 Å². The van der Waals surface area contributed by atoms with Crippen molar-refractivity contribution in [1.29, 1.82) is 0 Å². The fraction of sp³-hybridized carbons (Fsp3) is 0.120. The van der Waals surface area contributed by atoms with Crippen molar-refractivity contribution >= 4 is 34.4 Å². The molecule has 0 saturated heterocycles. The molecule has 2 amide bonds. The molecule has 0 atom stereocenters. The number of alkyl halides is 3. The Morgan fingerprint density at radius 3 is 2.39 bits per heavy atom. The van der Waals surface area contributed by atoms with Crippen LogP contribution in [-0.4, -0.2) is 37.6 Å². The predicted molar refractivity (Wildman–Crippen MR) is 134 cm³/mol. The zero-order valence-electron chi connectivity index (χ0n) is 19.9. The van der Waals surface area contributed by atoms with E-state index in [1.165, 1.54) is 30.9 Å². The molecule has 0 radical (unpaired) electrons. The quantitative estimate of drug-likeness (QED) is 0.289. The highest BCUT2D eigenvalue weighted by Gasteiger charge is 2.34. The van der Waals surface area contributed by atoms with Crippen molar-refractivity contribution < 1.29 is 22.5 Å². The number of carbonyl (C=O) groups excluding carboxylic acids is 1. The number of carbonyl (C=O) groups is 1. The highest BCUT2D eigenvalue weighted by atomic mass is 19.4. The lowest BCUT2D eigenvalue weighted by atomic mass is 10.1. The van der Waals surface area contributed by atoms with Gasteiger partial charge in [0.15, 0.2) is 35.9 Å². The molecule has 13 heteroatoms. The second-order valence-electron chi connectivity index (χ2n) is 8.17. The molecule has 3 heterocycles. The van der Waals surface area contributed by atoms with Crippen molar-refractivity contribution in [2.75, 3.05) is 23.0 Å². The number of urea groups is 1. The summed E-state index contributed by atoms with van der Waals surface area (Å²) < 4.78 is 44.6. The van der Waals surface area contributed by atoms with Gasteiger partial charge in [0.2, 0.25) is 0 Å². The van der Waals surface area contributed by atoms with E-state index in [0.29, 0.717) is 22.7 Å². The standard InChI is InChI=1S/C25H20F3N9O/c1-29-22-21-23(32-14-31-22)37(15-33-21)19-6-4-17(5-7-19)34-24(38)35-18-3-2-16(20(12-18)25(26,27)28)13-36-10-8-30-9-11-36/h2-12,14-15H,13H2,1H3,(H2-,29,31,32,34,35,38)/p+1. The molecule has 10 nitrogen and oxygen atoms in total. The second kappa shape index (κ2) is 10.1. The molecule has 0 aliphatic carbocycles. The number of amides is 2. The SMILES string of the molecule is CNc1ncnc2c1ncn2-c1ccc(NC(=O)Nc2ccc(C[n+]3ccncc3)c(C(F)(F)F)c2)cc1. The highest BCUT2D eigenvalue weighted by molar-refractivity contribution is 5.99. The van der Waals surface area contributed by atoms with Gasteiger partial charge in [0.1, 0.15) is 12.7 Å². The summed E-state index contributed by atoms with van der Waals surface area (Å²) in [5.41, 5.74) is 1.66. The molecule has 2 aromatic carbocycles. The van der Waals surface area contributed by atoms with E-state index in [2.05, 4.69) is 35.9 Å². The van der Waals surface area contributed by atoms with Gasteiger partial charge in [-0.3, -0.25) is 9.55 Å². The van der Waals surface area contributed by atoms with Crippen LogP contribution in [0, 0.1) is 0 Å². The molecule has 0 bridgehead atoms. The van der Waals surface area contributed by atoms with E-state index in [4.69, 9.17) is 0 Å². The third-order valence-electron chi connectivity index (χ3n) is 5.69. The molecule has 3 N–H and O–H groups in total. The molecule has 5 aromatic rings. The lowest BCUT2D eigenvalue weighted by Gasteiger charge is -2.14. The molecule has 38 heavy (non-hydrogen) atoms.